The highest BCUT2D eigenvalue weighted by molar-refractivity contribution is 7.16. The Morgan fingerprint density at radius 1 is 1.23 bits per heavy atom. The fourth-order valence-corrected chi connectivity index (χ4v) is 3.48. The van der Waals surface area contributed by atoms with Crippen LogP contribution in [0.1, 0.15) is 22.8 Å². The molecule has 0 aliphatic heterocycles. The molecule has 3 aromatic rings. The molecule has 0 saturated heterocycles. The molecule has 0 spiro atoms. The molecule has 0 atom stereocenters. The Morgan fingerprint density at radius 2 is 2.04 bits per heavy atom. The number of fused-ring (bicyclic) bond motifs is 1. The summed E-state index contributed by atoms with van der Waals surface area (Å²) in [5.74, 6) is -0.440. The van der Waals surface area contributed by atoms with Crippen LogP contribution in [0.5, 0.6) is 0 Å². The molecule has 2 aromatic carbocycles. The van der Waals surface area contributed by atoms with Gasteiger partial charge in [-0.15, -0.1) is 11.3 Å². The van der Waals surface area contributed by atoms with Gasteiger partial charge in [0.1, 0.15) is 6.54 Å². The van der Waals surface area contributed by atoms with Gasteiger partial charge in [-0.2, -0.15) is 0 Å². The number of nitrogens with one attached hydrogen (secondary N) is 1. The number of thiazole rings is 1. The molecule has 1 heterocycles. The number of carbonyl (C=O) groups excluding carboxylic acids is 2. The van der Waals surface area contributed by atoms with Gasteiger partial charge in [0.2, 0.25) is 5.91 Å². The number of rotatable bonds is 5. The third-order valence-electron chi connectivity index (χ3n) is 4.06. The second kappa shape index (κ2) is 7.85. The van der Waals surface area contributed by atoms with E-state index in [1.807, 2.05) is 32.0 Å². The standard InChI is InChI=1S/C19H18ClN3O2S/c1-3-23(10-18(24)22-16-9-14(20)6-4-12(16)2)19(25)13-5-7-15-17(8-13)26-11-21-15/h4-9,11H,3,10H2,1-2H3,(H,22,24). The maximum atomic E-state index is 12.8. The minimum absolute atomic E-state index is 0.0258. The quantitative estimate of drug-likeness (QED) is 0.707. The number of anilines is 1. The summed E-state index contributed by atoms with van der Waals surface area (Å²) in [4.78, 5) is 30.9. The molecule has 0 fully saturated rings. The third kappa shape index (κ3) is 4.03. The molecule has 0 aliphatic carbocycles. The molecule has 134 valence electrons. The van der Waals surface area contributed by atoms with Crippen molar-refractivity contribution < 1.29 is 9.59 Å². The van der Waals surface area contributed by atoms with Gasteiger partial charge in [0, 0.05) is 22.8 Å². The van der Waals surface area contributed by atoms with Crippen LogP contribution in [0.25, 0.3) is 10.2 Å². The Bertz CT molecular complexity index is 970. The summed E-state index contributed by atoms with van der Waals surface area (Å²) in [5, 5.41) is 3.37. The lowest BCUT2D eigenvalue weighted by molar-refractivity contribution is -0.116. The van der Waals surface area contributed by atoms with E-state index < -0.39 is 0 Å². The van der Waals surface area contributed by atoms with Crippen LogP contribution in [0.2, 0.25) is 5.02 Å². The predicted molar refractivity (Wildman–Crippen MR) is 106 cm³/mol. The minimum atomic E-state index is -0.260. The molecule has 3 rings (SSSR count). The number of halogens is 1. The fraction of sp³-hybridized carbons (Fsp3) is 0.211. The second-order valence-corrected chi connectivity index (χ2v) is 7.18. The Morgan fingerprint density at radius 3 is 2.81 bits per heavy atom. The van der Waals surface area contributed by atoms with Gasteiger partial charge in [-0.25, -0.2) is 4.98 Å². The van der Waals surface area contributed by atoms with Crippen LogP contribution in [0, 0.1) is 6.92 Å². The first-order chi connectivity index (χ1) is 12.5. The van der Waals surface area contributed by atoms with Crippen molar-refractivity contribution >= 4 is 50.7 Å². The molecule has 0 saturated carbocycles. The summed E-state index contributed by atoms with van der Waals surface area (Å²) < 4.78 is 0.950. The average Bonchev–Trinajstić information content (AvgIpc) is 3.10. The molecule has 0 radical (unpaired) electrons. The van der Waals surface area contributed by atoms with Gasteiger partial charge in [-0.3, -0.25) is 9.59 Å². The van der Waals surface area contributed by atoms with E-state index in [-0.39, 0.29) is 18.4 Å². The van der Waals surface area contributed by atoms with Crippen LogP contribution >= 0.6 is 22.9 Å². The van der Waals surface area contributed by atoms with E-state index in [9.17, 15) is 9.59 Å². The van der Waals surface area contributed by atoms with Crippen molar-refractivity contribution in [3.63, 3.8) is 0 Å². The van der Waals surface area contributed by atoms with Gasteiger partial charge >= 0.3 is 0 Å². The number of aryl methyl sites for hydroxylation is 1. The van der Waals surface area contributed by atoms with E-state index in [1.54, 1.807) is 23.7 Å². The minimum Gasteiger partial charge on any atom is -0.330 e. The van der Waals surface area contributed by atoms with Gasteiger partial charge in [-0.05, 0) is 49.7 Å². The van der Waals surface area contributed by atoms with Crippen LogP contribution in [0.3, 0.4) is 0 Å². The van der Waals surface area contributed by atoms with Gasteiger partial charge in [0.05, 0.1) is 15.7 Å². The smallest absolute Gasteiger partial charge is 0.254 e. The average molecular weight is 388 g/mol. The van der Waals surface area contributed by atoms with Crippen molar-refractivity contribution in [1.29, 1.82) is 0 Å². The first kappa shape index (κ1) is 18.4. The molecule has 0 bridgehead atoms. The van der Waals surface area contributed by atoms with Crippen molar-refractivity contribution in [2.45, 2.75) is 13.8 Å². The summed E-state index contributed by atoms with van der Waals surface area (Å²) >= 11 is 7.47. The van der Waals surface area contributed by atoms with Crippen molar-refractivity contribution in [3.05, 3.63) is 58.1 Å². The molecule has 1 aromatic heterocycles. The zero-order valence-corrected chi connectivity index (χ0v) is 16.0. The molecule has 7 heteroatoms. The predicted octanol–water partition coefficient (Wildman–Crippen LogP) is 4.36. The molecule has 26 heavy (non-hydrogen) atoms. The summed E-state index contributed by atoms with van der Waals surface area (Å²) in [5.41, 5.74) is 4.72. The van der Waals surface area contributed by atoms with E-state index in [0.717, 1.165) is 15.8 Å². The van der Waals surface area contributed by atoms with Crippen LogP contribution < -0.4 is 5.32 Å². The zero-order chi connectivity index (χ0) is 18.7. The lowest BCUT2D eigenvalue weighted by Crippen LogP contribution is -2.37. The van der Waals surface area contributed by atoms with Gasteiger partial charge < -0.3 is 10.2 Å². The van der Waals surface area contributed by atoms with Crippen LogP contribution in [-0.2, 0) is 4.79 Å². The molecule has 5 nitrogen and oxygen atoms in total. The Hall–Kier alpha value is -2.44. The topological polar surface area (TPSA) is 62.3 Å². The zero-order valence-electron chi connectivity index (χ0n) is 14.5. The Balaban J connectivity index is 1.72. The van der Waals surface area contributed by atoms with E-state index in [4.69, 9.17) is 11.6 Å². The Kier molecular flexibility index (Phi) is 5.54. The molecular formula is C19H18ClN3O2S. The second-order valence-electron chi connectivity index (χ2n) is 5.86. The van der Waals surface area contributed by atoms with Gasteiger partial charge in [0.25, 0.3) is 5.91 Å². The van der Waals surface area contributed by atoms with E-state index >= 15 is 0 Å². The van der Waals surface area contributed by atoms with Crippen molar-refractivity contribution in [1.82, 2.24) is 9.88 Å². The van der Waals surface area contributed by atoms with Crippen molar-refractivity contribution in [2.75, 3.05) is 18.4 Å². The maximum absolute atomic E-state index is 12.8. The largest absolute Gasteiger partial charge is 0.330 e. The highest BCUT2D eigenvalue weighted by atomic mass is 35.5. The number of nitrogens with zero attached hydrogens (tertiary/aromatic N) is 2. The van der Waals surface area contributed by atoms with Crippen molar-refractivity contribution in [2.24, 2.45) is 0 Å². The number of benzene rings is 2. The van der Waals surface area contributed by atoms with Gasteiger partial charge in [0.15, 0.2) is 0 Å². The molecular weight excluding hydrogens is 370 g/mol. The number of aromatic nitrogens is 1. The van der Waals surface area contributed by atoms with Gasteiger partial charge in [-0.1, -0.05) is 17.7 Å². The number of likely N-dealkylation sites (N-methyl/N-ethyl adjacent to an activating group) is 1. The first-order valence-electron chi connectivity index (χ1n) is 8.16. The molecule has 1 N–H and O–H groups in total. The highest BCUT2D eigenvalue weighted by Gasteiger charge is 2.18. The normalized spacial score (nSPS) is 10.7. The van der Waals surface area contributed by atoms with Crippen LogP contribution in [-0.4, -0.2) is 34.8 Å². The molecule has 0 unspecified atom stereocenters. The highest BCUT2D eigenvalue weighted by Crippen LogP contribution is 2.21. The summed E-state index contributed by atoms with van der Waals surface area (Å²) in [6, 6.07) is 10.7. The van der Waals surface area contributed by atoms with Crippen LogP contribution in [0.15, 0.2) is 41.9 Å². The monoisotopic (exact) mass is 387 g/mol. The van der Waals surface area contributed by atoms with Crippen LogP contribution in [0.4, 0.5) is 5.69 Å². The van der Waals surface area contributed by atoms with Crippen molar-refractivity contribution in [3.8, 4) is 0 Å². The summed E-state index contributed by atoms with van der Waals surface area (Å²) in [6.45, 7) is 4.14. The summed E-state index contributed by atoms with van der Waals surface area (Å²) in [7, 11) is 0. The summed E-state index contributed by atoms with van der Waals surface area (Å²) in [6.07, 6.45) is 0. The maximum Gasteiger partial charge on any atom is 0.254 e. The van der Waals surface area contributed by atoms with E-state index in [0.29, 0.717) is 22.8 Å². The Labute approximate surface area is 160 Å². The number of hydrogen-bond donors (Lipinski definition) is 1. The van der Waals surface area contributed by atoms with E-state index in [1.165, 1.54) is 16.2 Å². The lowest BCUT2D eigenvalue weighted by atomic mass is 10.2. The lowest BCUT2D eigenvalue weighted by Gasteiger charge is -2.21. The molecule has 2 amide bonds. The third-order valence-corrected chi connectivity index (χ3v) is 5.08. The SMILES string of the molecule is CCN(CC(=O)Nc1cc(Cl)ccc1C)C(=O)c1ccc2ncsc2c1. The number of hydrogen-bond acceptors (Lipinski definition) is 4. The first-order valence-corrected chi connectivity index (χ1v) is 9.42. The fourth-order valence-electron chi connectivity index (χ4n) is 2.59. The molecule has 0 aliphatic rings. The number of amides is 2. The van der Waals surface area contributed by atoms with E-state index in [2.05, 4.69) is 10.3 Å². The number of carbonyl (C=O) groups is 2.